The van der Waals surface area contributed by atoms with Crippen LogP contribution in [0.15, 0.2) is 30.3 Å². The molecule has 0 amide bonds. The molecule has 0 bridgehead atoms. The normalized spacial score (nSPS) is 12.3. The highest BCUT2D eigenvalue weighted by Crippen LogP contribution is 2.01. The summed E-state index contributed by atoms with van der Waals surface area (Å²) in [7, 11) is 0. The largest absolute Gasteiger partial charge is 0.458 e. The lowest BCUT2D eigenvalue weighted by Gasteiger charge is -2.05. The maximum absolute atomic E-state index is 11.3. The second kappa shape index (κ2) is 8.25. The zero-order chi connectivity index (χ0) is 15.0. The van der Waals surface area contributed by atoms with Crippen LogP contribution in [0.5, 0.6) is 0 Å². The molecule has 1 aromatic rings. The van der Waals surface area contributed by atoms with E-state index < -0.39 is 31.5 Å². The molecule has 98 valence electrons. The molecule has 0 heterocycles. The quantitative estimate of drug-likeness (QED) is 0.736. The number of hydrogen-bond donors (Lipinski definition) is 1. The first-order valence-corrected chi connectivity index (χ1v) is 5.43. The molecule has 0 aromatic heterocycles. The highest BCUT2D eigenvalue weighted by molar-refractivity contribution is 5.76. The second-order valence-corrected chi connectivity index (χ2v) is 3.37. The highest BCUT2D eigenvalue weighted by Gasteiger charge is 2.08. The Morgan fingerprint density at radius 3 is 2.56 bits per heavy atom. The number of aliphatic hydroxyl groups is 1. The molecule has 0 saturated carbocycles. The topological polar surface area (TPSA) is 72.8 Å². The lowest BCUT2D eigenvalue weighted by atomic mass is 10.2. The molecule has 0 atom stereocenters. The Hall–Kier alpha value is -1.88. The summed E-state index contributed by atoms with van der Waals surface area (Å²) in [6.07, 6.45) is -2.70. The Bertz CT molecular complexity index is 447. The number of carbonyl (C=O) groups excluding carboxylic acids is 2. The fourth-order valence-electron chi connectivity index (χ4n) is 1.11. The van der Waals surface area contributed by atoms with Crippen LogP contribution in [0.25, 0.3) is 0 Å². The van der Waals surface area contributed by atoms with Gasteiger partial charge >= 0.3 is 11.9 Å². The fraction of sp³-hybridized carbons (Fsp3) is 0.385. The Morgan fingerprint density at radius 2 is 1.89 bits per heavy atom. The zero-order valence-corrected chi connectivity index (χ0v) is 9.80. The van der Waals surface area contributed by atoms with E-state index in [9.17, 15) is 9.59 Å². The third-order valence-electron chi connectivity index (χ3n) is 1.94. The Morgan fingerprint density at radius 1 is 1.17 bits per heavy atom. The molecule has 18 heavy (non-hydrogen) atoms. The second-order valence-electron chi connectivity index (χ2n) is 3.37. The van der Waals surface area contributed by atoms with E-state index in [0.717, 1.165) is 5.56 Å². The van der Waals surface area contributed by atoms with Crippen LogP contribution in [-0.4, -0.2) is 30.3 Å². The highest BCUT2D eigenvalue weighted by atomic mass is 16.6. The molecule has 5 nitrogen and oxygen atoms in total. The number of ether oxygens (including phenoxy) is 2. The van der Waals surface area contributed by atoms with Gasteiger partial charge in [0.15, 0.2) is 6.61 Å². The molecule has 5 heteroatoms. The minimum absolute atomic E-state index is 0.0563. The molecule has 0 fully saturated rings. The van der Waals surface area contributed by atoms with Gasteiger partial charge in [0.1, 0.15) is 6.61 Å². The molecular formula is C13H16O5. The maximum atomic E-state index is 11.3. The molecule has 0 unspecified atom stereocenters. The van der Waals surface area contributed by atoms with Crippen molar-refractivity contribution < 1.29 is 26.9 Å². The van der Waals surface area contributed by atoms with E-state index >= 15 is 0 Å². The van der Waals surface area contributed by atoms with Gasteiger partial charge in [0.25, 0.3) is 0 Å². The summed E-state index contributed by atoms with van der Waals surface area (Å²) < 4.78 is 24.0. The molecule has 1 aromatic carbocycles. The van der Waals surface area contributed by atoms with E-state index in [-0.39, 0.29) is 13.0 Å². The van der Waals surface area contributed by atoms with Gasteiger partial charge < -0.3 is 14.6 Å². The maximum Gasteiger partial charge on any atom is 0.344 e. The summed E-state index contributed by atoms with van der Waals surface area (Å²) in [5.74, 6) is -1.95. The van der Waals surface area contributed by atoms with Crippen molar-refractivity contribution in [3.63, 3.8) is 0 Å². The van der Waals surface area contributed by atoms with Crippen molar-refractivity contribution in [3.05, 3.63) is 35.9 Å². The number of carbonyl (C=O) groups is 2. The number of esters is 2. The van der Waals surface area contributed by atoms with E-state index in [0.29, 0.717) is 0 Å². The van der Waals surface area contributed by atoms with Crippen LogP contribution in [0, 0.1) is 0 Å². The summed E-state index contributed by atoms with van der Waals surface area (Å²) in [5, 5.41) is 8.60. The number of hydrogen-bond acceptors (Lipinski definition) is 5. The Labute approximate surface area is 108 Å². The molecule has 1 N–H and O–H groups in total. The van der Waals surface area contributed by atoms with E-state index in [1.54, 1.807) is 24.3 Å². The third kappa shape index (κ3) is 6.00. The first-order chi connectivity index (χ1) is 9.45. The van der Waals surface area contributed by atoms with E-state index in [2.05, 4.69) is 4.74 Å². The summed E-state index contributed by atoms with van der Waals surface area (Å²) in [6, 6.07) is 8.98. The van der Waals surface area contributed by atoms with Crippen molar-refractivity contribution in [3.8, 4) is 0 Å². The van der Waals surface area contributed by atoms with Gasteiger partial charge in [0.05, 0.1) is 0 Å². The summed E-state index contributed by atoms with van der Waals surface area (Å²) in [6.45, 7) is -1.09. The van der Waals surface area contributed by atoms with Crippen LogP contribution in [0.4, 0.5) is 0 Å². The molecule has 1 rings (SSSR count). The van der Waals surface area contributed by atoms with E-state index in [1.807, 2.05) is 6.07 Å². The van der Waals surface area contributed by atoms with Crippen molar-refractivity contribution in [1.29, 1.82) is 0 Å². The van der Waals surface area contributed by atoms with Gasteiger partial charge in [-0.25, -0.2) is 4.79 Å². The third-order valence-corrected chi connectivity index (χ3v) is 1.94. The SMILES string of the molecule is [2H]C([2H])(CCO)C(=O)OCC(=O)OCc1ccccc1. The van der Waals surface area contributed by atoms with Crippen molar-refractivity contribution in [1.82, 2.24) is 0 Å². The smallest absolute Gasteiger partial charge is 0.344 e. The Balaban J connectivity index is 2.31. The summed E-state index contributed by atoms with van der Waals surface area (Å²) in [4.78, 5) is 22.7. The van der Waals surface area contributed by atoms with Gasteiger partial charge in [-0.15, -0.1) is 0 Å². The molecule has 0 radical (unpaired) electrons. The molecule has 0 aliphatic carbocycles. The number of benzene rings is 1. The van der Waals surface area contributed by atoms with Gasteiger partial charge in [0, 0.05) is 15.7 Å². The van der Waals surface area contributed by atoms with Crippen molar-refractivity contribution in [2.45, 2.75) is 19.4 Å². The van der Waals surface area contributed by atoms with Crippen molar-refractivity contribution in [2.24, 2.45) is 0 Å². The minimum Gasteiger partial charge on any atom is -0.458 e. The summed E-state index contributed by atoms with van der Waals surface area (Å²) >= 11 is 0. The Kier molecular flexibility index (Phi) is 5.14. The van der Waals surface area contributed by atoms with E-state index in [4.69, 9.17) is 12.6 Å². The molecular weight excluding hydrogens is 236 g/mol. The first-order valence-electron chi connectivity index (χ1n) is 6.43. The zero-order valence-electron chi connectivity index (χ0n) is 11.8. The average molecular weight is 254 g/mol. The predicted molar refractivity (Wildman–Crippen MR) is 63.5 cm³/mol. The molecule has 0 aliphatic rings. The first kappa shape index (κ1) is 11.2. The molecule has 0 aliphatic heterocycles. The molecule has 0 saturated heterocycles. The van der Waals surface area contributed by atoms with Crippen molar-refractivity contribution in [2.75, 3.05) is 13.2 Å². The van der Waals surface area contributed by atoms with Crippen LogP contribution in [-0.2, 0) is 25.7 Å². The van der Waals surface area contributed by atoms with Gasteiger partial charge in [-0.2, -0.15) is 0 Å². The number of aliphatic hydroxyl groups excluding tert-OH is 1. The van der Waals surface area contributed by atoms with Crippen LogP contribution in [0.2, 0.25) is 0 Å². The van der Waals surface area contributed by atoms with Crippen LogP contribution >= 0.6 is 0 Å². The van der Waals surface area contributed by atoms with Gasteiger partial charge in [-0.1, -0.05) is 30.3 Å². The average Bonchev–Trinajstić information content (AvgIpc) is 2.43. The summed E-state index contributed by atoms with van der Waals surface area (Å²) in [5.41, 5.74) is 0.794. The van der Waals surface area contributed by atoms with Gasteiger partial charge in [-0.05, 0) is 12.0 Å². The van der Waals surface area contributed by atoms with Gasteiger partial charge in [0.2, 0.25) is 0 Å². The predicted octanol–water partition coefficient (Wildman–Crippen LogP) is 1.05. The van der Waals surface area contributed by atoms with Crippen LogP contribution in [0.3, 0.4) is 0 Å². The lowest BCUT2D eigenvalue weighted by molar-refractivity contribution is -0.159. The fourth-order valence-corrected chi connectivity index (χ4v) is 1.11. The standard InChI is InChI=1S/C13H16O5/c14-8-4-7-12(15)18-10-13(16)17-9-11-5-2-1-3-6-11/h1-3,5-6,14H,4,7-10H2/i7D2. The van der Waals surface area contributed by atoms with Crippen LogP contribution in [0.1, 0.15) is 21.1 Å². The van der Waals surface area contributed by atoms with Crippen molar-refractivity contribution >= 4 is 11.9 Å². The lowest BCUT2D eigenvalue weighted by Crippen LogP contribution is -2.16. The van der Waals surface area contributed by atoms with Gasteiger partial charge in [-0.3, -0.25) is 4.79 Å². The number of rotatable bonds is 7. The molecule has 0 spiro atoms. The van der Waals surface area contributed by atoms with Crippen LogP contribution < -0.4 is 0 Å². The minimum atomic E-state index is -2.31. The van der Waals surface area contributed by atoms with E-state index in [1.165, 1.54) is 0 Å². The monoisotopic (exact) mass is 254 g/mol.